The van der Waals surface area contributed by atoms with E-state index in [1.54, 1.807) is 0 Å². The van der Waals surface area contributed by atoms with Crippen LogP contribution < -0.4 is 0 Å². The molecule has 0 amide bonds. The van der Waals surface area contributed by atoms with E-state index in [2.05, 4.69) is 43.5 Å². The molecule has 0 saturated carbocycles. The summed E-state index contributed by atoms with van der Waals surface area (Å²) in [5.74, 6) is 0. The van der Waals surface area contributed by atoms with E-state index in [-0.39, 0.29) is 0 Å². The molecule has 19 heavy (non-hydrogen) atoms. The first-order valence-corrected chi connectivity index (χ1v) is 6.88. The molecule has 0 bridgehead atoms. The lowest BCUT2D eigenvalue weighted by atomic mass is 10.1. The second-order valence-electron chi connectivity index (χ2n) is 4.09. The molecule has 0 aromatic rings. The zero-order valence-electron chi connectivity index (χ0n) is 12.4. The van der Waals surface area contributed by atoms with Gasteiger partial charge < -0.3 is 0 Å². The van der Waals surface area contributed by atoms with Crippen molar-refractivity contribution in [3.8, 4) is 0 Å². The summed E-state index contributed by atoms with van der Waals surface area (Å²) >= 11 is 8.56. The van der Waals surface area contributed by atoms with E-state index in [9.17, 15) is 0 Å². The molecule has 0 aliphatic rings. The van der Waals surface area contributed by atoms with Gasteiger partial charge in [-0.15, -0.1) is 25.3 Å². The predicted molar refractivity (Wildman–Crippen MR) is 93.7 cm³/mol. The molecule has 0 unspecified atom stereocenters. The highest BCUT2D eigenvalue weighted by Gasteiger charge is 2.13. The van der Waals surface area contributed by atoms with Gasteiger partial charge in [-0.2, -0.15) is 0 Å². The molecule has 0 atom stereocenters. The number of nitrogens with zero attached hydrogens (tertiary/aromatic N) is 2. The maximum Gasteiger partial charge on any atom is 0.213 e. The Morgan fingerprint density at radius 3 is 1.74 bits per heavy atom. The Kier molecular flexibility index (Phi) is 7.79. The Balaban J connectivity index is 5.61. The third-order valence-electron chi connectivity index (χ3n) is 2.76. The number of hydrogen-bond donors (Lipinski definition) is 2. The molecular weight excluding hydrogens is 272 g/mol. The van der Waals surface area contributed by atoms with Crippen LogP contribution in [0.2, 0.25) is 0 Å². The van der Waals surface area contributed by atoms with Gasteiger partial charge in [0, 0.05) is 22.3 Å². The van der Waals surface area contributed by atoms with Crippen LogP contribution in [0.5, 0.6) is 0 Å². The van der Waals surface area contributed by atoms with Crippen molar-refractivity contribution in [3.05, 3.63) is 46.3 Å². The minimum Gasteiger partial charge on any atom is -0.143 e. The first-order chi connectivity index (χ1) is 8.76. The fourth-order valence-electron chi connectivity index (χ4n) is 1.70. The second kappa shape index (κ2) is 8.23. The average molecular weight is 295 g/mol. The van der Waals surface area contributed by atoms with Crippen LogP contribution >= 0.6 is 25.3 Å². The normalized spacial score (nSPS) is 15.2. The van der Waals surface area contributed by atoms with Gasteiger partial charge >= 0.3 is 0 Å². The van der Waals surface area contributed by atoms with Crippen LogP contribution in [0.1, 0.15) is 27.7 Å². The third kappa shape index (κ3) is 5.25. The van der Waals surface area contributed by atoms with E-state index in [1.807, 2.05) is 51.6 Å². The maximum absolute atomic E-state index is 4.54. The fraction of sp³-hybridized carbons (Fsp3) is 0.333. The van der Waals surface area contributed by atoms with Crippen molar-refractivity contribution in [2.45, 2.75) is 27.7 Å². The first-order valence-electron chi connectivity index (χ1n) is 5.98. The monoisotopic (exact) mass is 295 g/mol. The summed E-state index contributed by atoms with van der Waals surface area (Å²) in [6.07, 6.45) is 3.92. The van der Waals surface area contributed by atoms with E-state index in [1.165, 1.54) is 0 Å². The molecule has 0 aliphatic carbocycles. The quantitative estimate of drug-likeness (QED) is 0.248. The molecule has 2 nitrogen and oxygen atoms in total. The Morgan fingerprint density at radius 2 is 1.42 bits per heavy atom. The molecule has 0 radical (unpaired) electrons. The SMILES string of the molecule is C=C(S)/C(=C\C)C(C)=N/[N+](C)=C(C)/C(=C/C)C(=C)S. The molecule has 4 heteroatoms. The van der Waals surface area contributed by atoms with Gasteiger partial charge in [-0.05, 0) is 25.9 Å². The van der Waals surface area contributed by atoms with Crippen LogP contribution in [0, 0.1) is 0 Å². The van der Waals surface area contributed by atoms with Gasteiger partial charge in [0.1, 0.15) is 5.71 Å². The van der Waals surface area contributed by atoms with Crippen molar-refractivity contribution >= 4 is 36.7 Å². The lowest BCUT2D eigenvalue weighted by molar-refractivity contribution is -0.502. The summed E-state index contributed by atoms with van der Waals surface area (Å²) in [6.45, 7) is 15.5. The van der Waals surface area contributed by atoms with E-state index >= 15 is 0 Å². The number of allylic oxidation sites excluding steroid dienone is 4. The van der Waals surface area contributed by atoms with Crippen LogP contribution in [0.4, 0.5) is 0 Å². The van der Waals surface area contributed by atoms with Crippen LogP contribution in [0.25, 0.3) is 0 Å². The largest absolute Gasteiger partial charge is 0.213 e. The van der Waals surface area contributed by atoms with Crippen molar-refractivity contribution in [2.24, 2.45) is 5.10 Å². The van der Waals surface area contributed by atoms with Crippen molar-refractivity contribution in [2.75, 3.05) is 7.05 Å². The highest BCUT2D eigenvalue weighted by atomic mass is 32.1. The maximum atomic E-state index is 4.54. The topological polar surface area (TPSA) is 15.4 Å². The van der Waals surface area contributed by atoms with E-state index < -0.39 is 0 Å². The molecule has 0 aromatic carbocycles. The molecule has 0 heterocycles. The Bertz CT molecular complexity index is 506. The third-order valence-corrected chi connectivity index (χ3v) is 3.25. The minimum absolute atomic E-state index is 0.708. The van der Waals surface area contributed by atoms with Crippen LogP contribution in [-0.4, -0.2) is 23.2 Å². The van der Waals surface area contributed by atoms with Crippen molar-refractivity contribution in [1.29, 1.82) is 0 Å². The van der Waals surface area contributed by atoms with Crippen LogP contribution in [0.15, 0.2) is 51.4 Å². The first kappa shape index (κ1) is 18.0. The van der Waals surface area contributed by atoms with E-state index in [4.69, 9.17) is 0 Å². The summed E-state index contributed by atoms with van der Waals surface area (Å²) in [6, 6.07) is 0. The Morgan fingerprint density at radius 1 is 1.00 bits per heavy atom. The van der Waals surface area contributed by atoms with Gasteiger partial charge in [0.2, 0.25) is 5.71 Å². The average Bonchev–Trinajstić information content (AvgIpc) is 2.29. The summed E-state index contributed by atoms with van der Waals surface area (Å²) < 4.78 is 1.81. The molecule has 0 rings (SSSR count). The fourth-order valence-corrected chi connectivity index (χ4v) is 2.28. The highest BCUT2D eigenvalue weighted by Crippen LogP contribution is 2.15. The van der Waals surface area contributed by atoms with Gasteiger partial charge in [-0.3, -0.25) is 0 Å². The smallest absolute Gasteiger partial charge is 0.143 e. The highest BCUT2D eigenvalue weighted by molar-refractivity contribution is 7.85. The second-order valence-corrected chi connectivity index (χ2v) is 5.17. The Hall–Kier alpha value is -1.000. The summed E-state index contributed by atoms with van der Waals surface area (Å²) in [5.41, 5.74) is 3.77. The van der Waals surface area contributed by atoms with E-state index in [0.717, 1.165) is 27.5 Å². The van der Waals surface area contributed by atoms with Gasteiger partial charge in [-0.25, -0.2) is 0 Å². The summed E-state index contributed by atoms with van der Waals surface area (Å²) in [7, 11) is 1.90. The molecule has 0 N–H and O–H groups in total. The number of thiol groups is 2. The molecule has 0 aromatic heterocycles. The van der Waals surface area contributed by atoms with Gasteiger partial charge in [0.15, 0.2) is 7.05 Å². The number of hydrazone groups is 1. The molecule has 104 valence electrons. The minimum atomic E-state index is 0.708. The Labute approximate surface area is 127 Å². The lowest BCUT2D eigenvalue weighted by Gasteiger charge is -2.04. The van der Waals surface area contributed by atoms with Crippen LogP contribution in [-0.2, 0) is 0 Å². The number of rotatable bonds is 5. The summed E-state index contributed by atoms with van der Waals surface area (Å²) in [5, 5.41) is 4.54. The van der Waals surface area contributed by atoms with Crippen molar-refractivity contribution in [1.82, 2.24) is 0 Å². The van der Waals surface area contributed by atoms with E-state index in [0.29, 0.717) is 4.91 Å². The lowest BCUT2D eigenvalue weighted by Crippen LogP contribution is -2.14. The molecule has 0 aliphatic heterocycles. The van der Waals surface area contributed by atoms with Crippen LogP contribution in [0.3, 0.4) is 0 Å². The summed E-state index contributed by atoms with van der Waals surface area (Å²) in [4.78, 5) is 1.43. The van der Waals surface area contributed by atoms with Crippen molar-refractivity contribution < 1.29 is 4.68 Å². The van der Waals surface area contributed by atoms with Gasteiger partial charge in [0.05, 0.1) is 5.57 Å². The number of hydrogen-bond acceptors (Lipinski definition) is 3. The zero-order chi connectivity index (χ0) is 15.2. The zero-order valence-corrected chi connectivity index (χ0v) is 14.1. The molecule has 0 fully saturated rings. The van der Waals surface area contributed by atoms with Gasteiger partial charge in [-0.1, -0.05) is 30.0 Å². The predicted octanol–water partition coefficient (Wildman–Crippen LogP) is 4.25. The van der Waals surface area contributed by atoms with Gasteiger partial charge in [0.25, 0.3) is 0 Å². The standard InChI is InChI=1S/C15H22N2S2/c1-8-14(12(5)18)10(3)16-17(7)11(4)15(9-2)13(6)19/h8-9H,5-6H2,1-4,7H3,(H-,18,19)/p+1/b14-8-,15-9-,16-10?,17-11+. The van der Waals surface area contributed by atoms with Crippen molar-refractivity contribution in [3.63, 3.8) is 0 Å². The molecule has 0 spiro atoms. The molecule has 0 saturated heterocycles. The molecular formula is C15H23N2S2+.